The highest BCUT2D eigenvalue weighted by molar-refractivity contribution is 6.25. The van der Waals surface area contributed by atoms with E-state index in [-0.39, 0.29) is 29.5 Å². The summed E-state index contributed by atoms with van der Waals surface area (Å²) < 4.78 is 5.44. The maximum Gasteiger partial charge on any atom is 0.273 e. The van der Waals surface area contributed by atoms with Crippen LogP contribution >= 0.6 is 0 Å². The third-order valence-corrected chi connectivity index (χ3v) is 9.24. The summed E-state index contributed by atoms with van der Waals surface area (Å²) in [5.41, 5.74) is 5.95. The molecule has 0 unspecified atom stereocenters. The van der Waals surface area contributed by atoms with Crippen LogP contribution in [0.15, 0.2) is 102 Å². The number of non-ortho nitro benzene ring substituents is 1. The Morgan fingerprint density at radius 1 is 0.956 bits per heavy atom. The molecule has 10 heteroatoms. The minimum Gasteiger partial charge on any atom is -0.494 e. The van der Waals surface area contributed by atoms with Crippen molar-refractivity contribution in [1.82, 2.24) is 5.43 Å². The number of anilines is 1. The van der Waals surface area contributed by atoms with E-state index in [1.54, 1.807) is 6.21 Å². The summed E-state index contributed by atoms with van der Waals surface area (Å²) in [5.74, 6) is -3.18. The largest absolute Gasteiger partial charge is 0.494 e. The normalized spacial score (nSPS) is 22.6. The van der Waals surface area contributed by atoms with E-state index < -0.39 is 39.9 Å². The Labute approximate surface area is 258 Å². The number of imide groups is 1. The van der Waals surface area contributed by atoms with Crippen LogP contribution in [0, 0.1) is 22.0 Å². The number of amides is 3. The van der Waals surface area contributed by atoms with Crippen molar-refractivity contribution >= 4 is 35.3 Å². The summed E-state index contributed by atoms with van der Waals surface area (Å²) in [7, 11) is 1.34. The molecular weight excluding hydrogens is 572 g/mol. The zero-order chi connectivity index (χ0) is 31.3. The molecule has 1 heterocycles. The lowest BCUT2D eigenvalue weighted by Gasteiger charge is -2.52. The topological polar surface area (TPSA) is 131 Å². The van der Waals surface area contributed by atoms with Crippen LogP contribution in [0.25, 0.3) is 0 Å². The SMILES string of the molecule is COc1cc([N+](=O)[O-])ccc1N1C(=O)[C@H]2C3c4ccccc4C(/C=N\NC(=O)CCc4ccccc4)(c4ccccc43)[C@H]2C1=O. The number of carbonyl (C=O) groups excluding carboxylic acids is 3. The lowest BCUT2D eigenvalue weighted by molar-refractivity contribution is -0.384. The van der Waals surface area contributed by atoms with Crippen LogP contribution in [-0.4, -0.2) is 36.0 Å². The summed E-state index contributed by atoms with van der Waals surface area (Å²) >= 11 is 0. The Bertz CT molecular complexity index is 1860. The van der Waals surface area contributed by atoms with E-state index >= 15 is 0 Å². The number of hydrazone groups is 1. The summed E-state index contributed by atoms with van der Waals surface area (Å²) in [6, 6.07) is 29.0. The zero-order valence-electron chi connectivity index (χ0n) is 24.3. The lowest BCUT2D eigenvalue weighted by Crippen LogP contribution is -2.54. The molecule has 224 valence electrons. The first-order valence-corrected chi connectivity index (χ1v) is 14.6. The van der Waals surface area contributed by atoms with Gasteiger partial charge in [-0.15, -0.1) is 0 Å². The Morgan fingerprint density at radius 3 is 2.24 bits per heavy atom. The second kappa shape index (κ2) is 10.8. The molecule has 0 aromatic heterocycles. The molecule has 8 rings (SSSR count). The van der Waals surface area contributed by atoms with E-state index in [4.69, 9.17) is 4.74 Å². The van der Waals surface area contributed by atoms with Crippen LogP contribution in [0.3, 0.4) is 0 Å². The Balaban J connectivity index is 1.32. The van der Waals surface area contributed by atoms with E-state index in [0.717, 1.165) is 32.7 Å². The minimum atomic E-state index is -1.17. The number of aryl methyl sites for hydroxylation is 1. The molecule has 10 nitrogen and oxygen atoms in total. The third-order valence-electron chi connectivity index (χ3n) is 9.24. The molecule has 2 bridgehead atoms. The van der Waals surface area contributed by atoms with Gasteiger partial charge in [0.25, 0.3) is 5.69 Å². The van der Waals surface area contributed by atoms with Gasteiger partial charge in [0.15, 0.2) is 0 Å². The van der Waals surface area contributed by atoms with Crippen LogP contribution < -0.4 is 15.1 Å². The van der Waals surface area contributed by atoms with Gasteiger partial charge < -0.3 is 4.74 Å². The molecule has 1 saturated heterocycles. The maximum absolute atomic E-state index is 14.6. The molecule has 3 aliphatic carbocycles. The number of ether oxygens (including phenoxy) is 1. The zero-order valence-corrected chi connectivity index (χ0v) is 24.3. The maximum atomic E-state index is 14.6. The van der Waals surface area contributed by atoms with Gasteiger partial charge in [-0.3, -0.25) is 24.5 Å². The number of nitrogens with one attached hydrogen (secondary N) is 1. The van der Waals surface area contributed by atoms with Crippen LogP contribution in [0.1, 0.15) is 40.2 Å². The summed E-state index contributed by atoms with van der Waals surface area (Å²) in [6.45, 7) is 0. The molecule has 0 spiro atoms. The van der Waals surface area contributed by atoms with E-state index in [1.807, 2.05) is 78.9 Å². The average molecular weight is 601 g/mol. The molecule has 2 atom stereocenters. The number of rotatable bonds is 8. The molecule has 45 heavy (non-hydrogen) atoms. The first-order valence-electron chi connectivity index (χ1n) is 14.6. The van der Waals surface area contributed by atoms with Gasteiger partial charge >= 0.3 is 0 Å². The molecule has 3 amide bonds. The predicted octanol–water partition coefficient (Wildman–Crippen LogP) is 4.89. The van der Waals surface area contributed by atoms with Gasteiger partial charge in [0.1, 0.15) is 5.75 Å². The van der Waals surface area contributed by atoms with Crippen LogP contribution in [0.5, 0.6) is 5.75 Å². The number of nitrogens with zero attached hydrogens (tertiary/aromatic N) is 3. The van der Waals surface area contributed by atoms with E-state index in [1.165, 1.54) is 25.3 Å². The van der Waals surface area contributed by atoms with Gasteiger partial charge in [-0.05, 0) is 40.3 Å². The highest BCUT2D eigenvalue weighted by Gasteiger charge is 2.68. The first-order chi connectivity index (χ1) is 21.9. The van der Waals surface area contributed by atoms with E-state index in [9.17, 15) is 24.5 Å². The summed E-state index contributed by atoms with van der Waals surface area (Å²) in [4.78, 5) is 53.8. The molecular formula is C35H28N4O6. The highest BCUT2D eigenvalue weighted by atomic mass is 16.6. The minimum absolute atomic E-state index is 0.0420. The molecule has 1 N–H and O–H groups in total. The monoisotopic (exact) mass is 600 g/mol. The number of hydrogen-bond acceptors (Lipinski definition) is 7. The molecule has 0 saturated carbocycles. The van der Waals surface area contributed by atoms with Crippen molar-refractivity contribution in [3.8, 4) is 5.75 Å². The molecule has 1 aliphatic heterocycles. The highest BCUT2D eigenvalue weighted by Crippen LogP contribution is 2.64. The van der Waals surface area contributed by atoms with Crippen molar-refractivity contribution in [2.24, 2.45) is 16.9 Å². The van der Waals surface area contributed by atoms with Gasteiger partial charge in [0.2, 0.25) is 17.7 Å². The van der Waals surface area contributed by atoms with Gasteiger partial charge in [-0.2, -0.15) is 5.10 Å². The van der Waals surface area contributed by atoms with E-state index in [2.05, 4.69) is 10.5 Å². The van der Waals surface area contributed by atoms with Crippen molar-refractivity contribution in [3.63, 3.8) is 0 Å². The van der Waals surface area contributed by atoms with Crippen molar-refractivity contribution in [3.05, 3.63) is 135 Å². The smallest absolute Gasteiger partial charge is 0.273 e. The Hall–Kier alpha value is -5.64. The number of nitro benzene ring substituents is 1. The van der Waals surface area contributed by atoms with Gasteiger partial charge in [-0.1, -0.05) is 78.9 Å². The lowest BCUT2D eigenvalue weighted by atomic mass is 9.47. The summed E-state index contributed by atoms with van der Waals surface area (Å²) in [5, 5.41) is 15.9. The van der Waals surface area contributed by atoms with Crippen LogP contribution in [0.4, 0.5) is 11.4 Å². The van der Waals surface area contributed by atoms with Gasteiger partial charge in [0, 0.05) is 24.6 Å². The van der Waals surface area contributed by atoms with Crippen molar-refractivity contribution in [2.75, 3.05) is 12.0 Å². The molecule has 4 aromatic carbocycles. The first kappa shape index (κ1) is 28.1. The number of hydrogen-bond donors (Lipinski definition) is 1. The van der Waals surface area contributed by atoms with Gasteiger partial charge in [0.05, 0.1) is 41.0 Å². The number of benzene rings is 4. The molecule has 4 aliphatic rings. The van der Waals surface area contributed by atoms with Crippen LogP contribution in [0.2, 0.25) is 0 Å². The third kappa shape index (κ3) is 4.24. The number of methoxy groups -OCH3 is 1. The Morgan fingerprint density at radius 2 is 1.60 bits per heavy atom. The summed E-state index contributed by atoms with van der Waals surface area (Å²) in [6.07, 6.45) is 2.38. The van der Waals surface area contributed by atoms with Crippen molar-refractivity contribution in [2.45, 2.75) is 24.2 Å². The van der Waals surface area contributed by atoms with Gasteiger partial charge in [-0.25, -0.2) is 10.3 Å². The Kier molecular flexibility index (Phi) is 6.77. The van der Waals surface area contributed by atoms with Crippen molar-refractivity contribution < 1.29 is 24.0 Å². The fourth-order valence-electron chi connectivity index (χ4n) is 7.42. The standard InChI is InChI=1S/C35H28N4O6/c1-45-28-19-22(39(43)44)16-17-27(28)38-33(41)31-30-23-11-5-7-13-25(23)35(32(31)34(38)42,26-14-8-6-12-24(26)30)20-36-37-29(40)18-15-21-9-3-2-4-10-21/h2-14,16-17,19-20,30-32H,15,18H2,1H3,(H,37,40)/b36-20-/t30?,31-,32+,35?/m0/s1. The molecule has 1 fully saturated rings. The number of carbonyl (C=O) groups is 3. The predicted molar refractivity (Wildman–Crippen MR) is 166 cm³/mol. The molecule has 0 radical (unpaired) electrons. The average Bonchev–Trinajstić information content (AvgIpc) is 3.34. The second-order valence-corrected chi connectivity index (χ2v) is 11.4. The van der Waals surface area contributed by atoms with Crippen molar-refractivity contribution in [1.29, 1.82) is 0 Å². The van der Waals surface area contributed by atoms with E-state index in [0.29, 0.717) is 6.42 Å². The number of nitro groups is 1. The quantitative estimate of drug-likeness (QED) is 0.133. The molecule has 4 aromatic rings. The van der Waals surface area contributed by atoms with Crippen LogP contribution in [-0.2, 0) is 26.2 Å². The fraction of sp³-hybridized carbons (Fsp3) is 0.200. The fourth-order valence-corrected chi connectivity index (χ4v) is 7.42. The second-order valence-electron chi connectivity index (χ2n) is 11.4.